The van der Waals surface area contributed by atoms with E-state index in [9.17, 15) is 0 Å². The Morgan fingerprint density at radius 1 is 1.26 bits per heavy atom. The summed E-state index contributed by atoms with van der Waals surface area (Å²) in [6, 6.07) is 11.5. The zero-order valence-electron chi connectivity index (χ0n) is 15.7. The van der Waals surface area contributed by atoms with Crippen LogP contribution >= 0.6 is 12.2 Å². The first-order valence-corrected chi connectivity index (χ1v) is 9.40. The topological polar surface area (TPSA) is 55.9 Å². The van der Waals surface area contributed by atoms with Gasteiger partial charge in [0.2, 0.25) is 0 Å². The Balaban J connectivity index is 1.73. The molecule has 7 heteroatoms. The van der Waals surface area contributed by atoms with E-state index in [0.717, 1.165) is 37.4 Å². The molecule has 1 aromatic heterocycles. The van der Waals surface area contributed by atoms with Gasteiger partial charge in [0.05, 0.1) is 32.6 Å². The highest BCUT2D eigenvalue weighted by Crippen LogP contribution is 2.30. The zero-order valence-corrected chi connectivity index (χ0v) is 16.5. The van der Waals surface area contributed by atoms with Gasteiger partial charge in [-0.1, -0.05) is 6.07 Å². The average molecular weight is 388 g/mol. The van der Waals surface area contributed by atoms with Crippen molar-refractivity contribution in [1.29, 1.82) is 0 Å². The second-order valence-corrected chi connectivity index (χ2v) is 6.72. The van der Waals surface area contributed by atoms with E-state index >= 15 is 0 Å². The third kappa shape index (κ3) is 5.30. The minimum Gasteiger partial charge on any atom is -0.493 e. The van der Waals surface area contributed by atoms with Gasteiger partial charge in [-0.15, -0.1) is 0 Å². The molecule has 0 saturated carbocycles. The molecule has 0 bridgehead atoms. The predicted octanol–water partition coefficient (Wildman–Crippen LogP) is 3.48. The molecule has 27 heavy (non-hydrogen) atoms. The molecule has 0 spiro atoms. The summed E-state index contributed by atoms with van der Waals surface area (Å²) in [7, 11) is 3.23. The Bertz CT molecular complexity index is 751. The highest BCUT2D eigenvalue weighted by molar-refractivity contribution is 7.80. The number of benzene rings is 1. The fourth-order valence-electron chi connectivity index (χ4n) is 3.06. The molecule has 1 aliphatic heterocycles. The molecule has 1 N–H and O–H groups in total. The van der Waals surface area contributed by atoms with Gasteiger partial charge in [-0.05, 0) is 49.3 Å². The van der Waals surface area contributed by atoms with Crippen molar-refractivity contribution in [2.45, 2.75) is 25.5 Å². The molecule has 1 aliphatic rings. The third-order valence-electron chi connectivity index (χ3n) is 4.45. The van der Waals surface area contributed by atoms with Crippen LogP contribution in [0.25, 0.3) is 0 Å². The number of nitrogens with one attached hydrogen (secondary N) is 1. The summed E-state index contributed by atoms with van der Waals surface area (Å²) in [6.45, 7) is 2.17. The number of aromatic nitrogens is 1. The maximum atomic E-state index is 5.80. The molecule has 2 heterocycles. The Kier molecular flexibility index (Phi) is 6.84. The van der Waals surface area contributed by atoms with Crippen molar-refractivity contribution >= 4 is 23.0 Å². The minimum atomic E-state index is 0.193. The summed E-state index contributed by atoms with van der Waals surface area (Å²) in [5.74, 6) is 1.33. The molecule has 144 valence electrons. The Hall–Kier alpha value is -2.38. The lowest BCUT2D eigenvalue weighted by Crippen LogP contribution is -2.39. The quantitative estimate of drug-likeness (QED) is 0.730. The Labute approximate surface area is 165 Å². The van der Waals surface area contributed by atoms with Crippen LogP contribution in [-0.4, -0.2) is 48.5 Å². The summed E-state index contributed by atoms with van der Waals surface area (Å²) < 4.78 is 16.5. The Morgan fingerprint density at radius 2 is 2.11 bits per heavy atom. The van der Waals surface area contributed by atoms with E-state index in [1.807, 2.05) is 36.4 Å². The molecule has 6 nitrogen and oxygen atoms in total. The van der Waals surface area contributed by atoms with Crippen LogP contribution in [0.4, 0.5) is 5.69 Å². The summed E-state index contributed by atoms with van der Waals surface area (Å²) >= 11 is 5.69. The molecule has 0 unspecified atom stereocenters. The fourth-order valence-corrected chi connectivity index (χ4v) is 3.31. The summed E-state index contributed by atoms with van der Waals surface area (Å²) in [4.78, 5) is 6.53. The highest BCUT2D eigenvalue weighted by atomic mass is 32.1. The van der Waals surface area contributed by atoms with E-state index in [4.69, 9.17) is 26.4 Å². The van der Waals surface area contributed by atoms with E-state index in [-0.39, 0.29) is 6.10 Å². The molecule has 0 radical (unpaired) electrons. The summed E-state index contributed by atoms with van der Waals surface area (Å²) in [5, 5.41) is 3.93. The first-order chi connectivity index (χ1) is 13.2. The highest BCUT2D eigenvalue weighted by Gasteiger charge is 2.21. The number of hydrogen-bond acceptors (Lipinski definition) is 5. The van der Waals surface area contributed by atoms with E-state index in [0.29, 0.717) is 23.2 Å². The van der Waals surface area contributed by atoms with Crippen molar-refractivity contribution in [3.8, 4) is 11.5 Å². The molecule has 1 fully saturated rings. The molecule has 2 aromatic rings. The lowest BCUT2D eigenvalue weighted by Gasteiger charge is -2.28. The first kappa shape index (κ1) is 19.4. The van der Waals surface area contributed by atoms with Gasteiger partial charge in [-0.3, -0.25) is 4.98 Å². The summed E-state index contributed by atoms with van der Waals surface area (Å²) in [6.07, 6.45) is 4.14. The number of rotatable bonds is 7. The van der Waals surface area contributed by atoms with Crippen LogP contribution in [0.1, 0.15) is 18.5 Å². The lowest BCUT2D eigenvalue weighted by molar-refractivity contribution is 0.0903. The van der Waals surface area contributed by atoms with E-state index < -0.39 is 0 Å². The molecule has 0 amide bonds. The fraction of sp³-hybridized carbons (Fsp3) is 0.400. The van der Waals surface area contributed by atoms with Crippen molar-refractivity contribution < 1.29 is 14.2 Å². The monoisotopic (exact) mass is 387 g/mol. The van der Waals surface area contributed by atoms with Crippen LogP contribution in [0.15, 0.2) is 42.6 Å². The molecule has 1 saturated heterocycles. The number of ether oxygens (including phenoxy) is 3. The molecular formula is C20H25N3O3S. The number of nitrogens with zero attached hydrogens (tertiary/aromatic N) is 2. The minimum absolute atomic E-state index is 0.193. The van der Waals surface area contributed by atoms with Crippen LogP contribution < -0.4 is 14.8 Å². The van der Waals surface area contributed by atoms with Crippen LogP contribution in [0.5, 0.6) is 11.5 Å². The van der Waals surface area contributed by atoms with Crippen LogP contribution in [0.2, 0.25) is 0 Å². The predicted molar refractivity (Wildman–Crippen MR) is 109 cm³/mol. The van der Waals surface area contributed by atoms with E-state index in [1.165, 1.54) is 0 Å². The van der Waals surface area contributed by atoms with Crippen molar-refractivity contribution in [3.05, 3.63) is 48.3 Å². The number of pyridine rings is 1. The van der Waals surface area contributed by atoms with Crippen LogP contribution in [0.3, 0.4) is 0 Å². The van der Waals surface area contributed by atoms with Crippen molar-refractivity contribution in [2.75, 3.05) is 32.7 Å². The second kappa shape index (κ2) is 9.53. The van der Waals surface area contributed by atoms with Gasteiger partial charge in [0.25, 0.3) is 0 Å². The van der Waals surface area contributed by atoms with Crippen LogP contribution in [-0.2, 0) is 11.3 Å². The maximum Gasteiger partial charge on any atom is 0.173 e. The smallest absolute Gasteiger partial charge is 0.173 e. The normalized spacial score (nSPS) is 16.0. The van der Waals surface area contributed by atoms with Crippen molar-refractivity contribution in [2.24, 2.45) is 0 Å². The molecule has 1 aromatic carbocycles. The third-order valence-corrected chi connectivity index (χ3v) is 4.81. The lowest BCUT2D eigenvalue weighted by atomic mass is 10.2. The van der Waals surface area contributed by atoms with Gasteiger partial charge in [0.15, 0.2) is 16.6 Å². The van der Waals surface area contributed by atoms with Gasteiger partial charge < -0.3 is 24.4 Å². The maximum absolute atomic E-state index is 5.80. The molecule has 1 atom stereocenters. The number of anilines is 1. The van der Waals surface area contributed by atoms with Gasteiger partial charge >= 0.3 is 0 Å². The number of hydrogen-bond donors (Lipinski definition) is 1. The zero-order chi connectivity index (χ0) is 19.1. The summed E-state index contributed by atoms with van der Waals surface area (Å²) in [5.41, 5.74) is 1.81. The van der Waals surface area contributed by atoms with Gasteiger partial charge in [0.1, 0.15) is 0 Å². The van der Waals surface area contributed by atoms with E-state index in [2.05, 4.69) is 15.2 Å². The van der Waals surface area contributed by atoms with Gasteiger partial charge in [-0.25, -0.2) is 0 Å². The SMILES string of the molecule is COc1ccc(NC(=S)N(Cc2ccccn2)C[C@@H]2CCCO2)cc1OC. The van der Waals surface area contributed by atoms with Crippen molar-refractivity contribution in [3.63, 3.8) is 0 Å². The van der Waals surface area contributed by atoms with Crippen LogP contribution in [0, 0.1) is 0 Å². The van der Waals surface area contributed by atoms with Crippen molar-refractivity contribution in [1.82, 2.24) is 9.88 Å². The molecule has 0 aliphatic carbocycles. The number of methoxy groups -OCH3 is 2. The van der Waals surface area contributed by atoms with Gasteiger partial charge in [-0.2, -0.15) is 0 Å². The number of thiocarbonyl (C=S) groups is 1. The molecular weight excluding hydrogens is 362 g/mol. The largest absolute Gasteiger partial charge is 0.493 e. The standard InChI is InChI=1S/C20H25N3O3S/c1-24-18-9-8-15(12-19(18)25-2)22-20(27)23(14-17-7-5-11-26-17)13-16-6-3-4-10-21-16/h3-4,6,8-10,12,17H,5,7,11,13-14H2,1-2H3,(H,22,27)/t17-/m0/s1. The average Bonchev–Trinajstić information content (AvgIpc) is 3.21. The van der Waals surface area contributed by atoms with E-state index in [1.54, 1.807) is 20.4 Å². The molecule has 3 rings (SSSR count). The second-order valence-electron chi connectivity index (χ2n) is 6.34. The van der Waals surface area contributed by atoms with Gasteiger partial charge in [0, 0.05) is 31.1 Å². The first-order valence-electron chi connectivity index (χ1n) is 8.99. The Morgan fingerprint density at radius 3 is 2.78 bits per heavy atom.